The van der Waals surface area contributed by atoms with Crippen LogP contribution in [0.1, 0.15) is 10.4 Å². The van der Waals surface area contributed by atoms with Crippen LogP contribution in [0.25, 0.3) is 10.8 Å². The van der Waals surface area contributed by atoms with Gasteiger partial charge >= 0.3 is 0 Å². The van der Waals surface area contributed by atoms with Gasteiger partial charge in [-0.05, 0) is 41.1 Å². The normalized spacial score (nSPS) is 10.4. The van der Waals surface area contributed by atoms with Crippen molar-refractivity contribution in [2.75, 3.05) is 6.61 Å². The molecule has 0 saturated heterocycles. The van der Waals surface area contributed by atoms with Crippen molar-refractivity contribution in [3.05, 3.63) is 76.3 Å². The van der Waals surface area contributed by atoms with Crippen molar-refractivity contribution in [2.24, 2.45) is 0 Å². The highest BCUT2D eigenvalue weighted by Crippen LogP contribution is 2.21. The zero-order valence-corrected chi connectivity index (χ0v) is 15.0. The molecule has 3 aromatic carbocycles. The molecular formula is C19H14Cl2N2O3. The molecule has 2 N–H and O–H groups in total. The number of nitrogens with one attached hydrogen (secondary N) is 2. The summed E-state index contributed by atoms with van der Waals surface area (Å²) in [4.78, 5) is 23.9. The summed E-state index contributed by atoms with van der Waals surface area (Å²) in [7, 11) is 0. The first-order valence-corrected chi connectivity index (χ1v) is 8.44. The first-order valence-electron chi connectivity index (χ1n) is 7.69. The number of carbonyl (C=O) groups excluding carboxylic acids is 2. The van der Waals surface area contributed by atoms with E-state index in [1.165, 1.54) is 12.1 Å². The standard InChI is InChI=1S/C19H14Cl2N2O3/c20-14-6-8-17(21)16(10-14)19(25)23-22-18(24)11-26-15-7-5-12-3-1-2-4-13(12)9-15/h1-10H,11H2,(H,22,24)(H,23,25). The fraction of sp³-hybridized carbons (Fsp3) is 0.0526. The van der Waals surface area contributed by atoms with Crippen LogP contribution < -0.4 is 15.6 Å². The van der Waals surface area contributed by atoms with E-state index < -0.39 is 11.8 Å². The molecule has 0 atom stereocenters. The number of benzene rings is 3. The van der Waals surface area contributed by atoms with Crippen LogP contribution in [0, 0.1) is 0 Å². The first-order chi connectivity index (χ1) is 12.5. The van der Waals surface area contributed by atoms with Crippen LogP contribution in [0.4, 0.5) is 0 Å². The van der Waals surface area contributed by atoms with Gasteiger partial charge in [-0.15, -0.1) is 0 Å². The van der Waals surface area contributed by atoms with Crippen LogP contribution in [0.15, 0.2) is 60.7 Å². The van der Waals surface area contributed by atoms with E-state index in [0.717, 1.165) is 10.8 Å². The Labute approximate surface area is 159 Å². The van der Waals surface area contributed by atoms with Gasteiger partial charge in [0, 0.05) is 5.02 Å². The van der Waals surface area contributed by atoms with Crippen molar-refractivity contribution in [2.45, 2.75) is 0 Å². The molecule has 0 aliphatic heterocycles. The van der Waals surface area contributed by atoms with E-state index >= 15 is 0 Å². The van der Waals surface area contributed by atoms with E-state index in [1.807, 2.05) is 36.4 Å². The van der Waals surface area contributed by atoms with Gasteiger partial charge in [0.15, 0.2) is 6.61 Å². The molecule has 0 saturated carbocycles. The number of ether oxygens (including phenoxy) is 1. The lowest BCUT2D eigenvalue weighted by molar-refractivity contribution is -0.123. The molecule has 132 valence electrons. The summed E-state index contributed by atoms with van der Waals surface area (Å²) >= 11 is 11.8. The summed E-state index contributed by atoms with van der Waals surface area (Å²) in [5.74, 6) is -0.524. The van der Waals surface area contributed by atoms with Crippen LogP contribution >= 0.6 is 23.2 Å². The lowest BCUT2D eigenvalue weighted by Gasteiger charge is -2.10. The number of hydrogen-bond donors (Lipinski definition) is 2. The van der Waals surface area contributed by atoms with Crippen molar-refractivity contribution in [3.8, 4) is 5.75 Å². The summed E-state index contributed by atoms with van der Waals surface area (Å²) in [6, 6.07) is 17.8. The SMILES string of the molecule is O=C(COc1ccc2ccccc2c1)NNC(=O)c1cc(Cl)ccc1Cl. The third-order valence-corrected chi connectivity index (χ3v) is 4.14. The van der Waals surface area contributed by atoms with E-state index in [1.54, 1.807) is 12.1 Å². The second kappa shape index (κ2) is 8.08. The fourth-order valence-corrected chi connectivity index (χ4v) is 2.68. The summed E-state index contributed by atoms with van der Waals surface area (Å²) in [5.41, 5.74) is 4.70. The molecular weight excluding hydrogens is 375 g/mol. The molecule has 3 aromatic rings. The number of fused-ring (bicyclic) bond motifs is 1. The second-order valence-electron chi connectivity index (χ2n) is 5.42. The minimum atomic E-state index is -0.573. The predicted octanol–water partition coefficient (Wildman–Crippen LogP) is 3.99. The van der Waals surface area contributed by atoms with Crippen LogP contribution in [-0.2, 0) is 4.79 Å². The topological polar surface area (TPSA) is 67.4 Å². The van der Waals surface area contributed by atoms with Crippen LogP contribution in [0.3, 0.4) is 0 Å². The Balaban J connectivity index is 1.53. The molecule has 5 nitrogen and oxygen atoms in total. The molecule has 0 aliphatic carbocycles. The fourth-order valence-electron chi connectivity index (χ4n) is 2.31. The largest absolute Gasteiger partial charge is 0.484 e. The van der Waals surface area contributed by atoms with E-state index in [-0.39, 0.29) is 17.2 Å². The van der Waals surface area contributed by atoms with E-state index in [4.69, 9.17) is 27.9 Å². The van der Waals surface area contributed by atoms with Crippen LogP contribution in [0.2, 0.25) is 10.0 Å². The maximum atomic E-state index is 12.0. The average molecular weight is 389 g/mol. The Hall–Kier alpha value is -2.76. The molecule has 0 unspecified atom stereocenters. The van der Waals surface area contributed by atoms with Crippen molar-refractivity contribution in [1.29, 1.82) is 0 Å². The van der Waals surface area contributed by atoms with Crippen molar-refractivity contribution in [3.63, 3.8) is 0 Å². The van der Waals surface area contributed by atoms with Crippen molar-refractivity contribution >= 4 is 45.8 Å². The summed E-state index contributed by atoms with van der Waals surface area (Å²) in [5, 5.41) is 2.68. The minimum Gasteiger partial charge on any atom is -0.484 e. The Morgan fingerprint density at radius 2 is 1.65 bits per heavy atom. The Morgan fingerprint density at radius 1 is 0.885 bits per heavy atom. The van der Waals surface area contributed by atoms with Gasteiger partial charge in [-0.1, -0.05) is 53.5 Å². The molecule has 0 heterocycles. The highest BCUT2D eigenvalue weighted by atomic mass is 35.5. The summed E-state index contributed by atoms with van der Waals surface area (Å²) in [6.07, 6.45) is 0. The molecule has 3 rings (SSSR count). The molecule has 7 heteroatoms. The zero-order chi connectivity index (χ0) is 18.5. The van der Waals surface area contributed by atoms with E-state index in [0.29, 0.717) is 10.8 Å². The molecule has 0 aromatic heterocycles. The molecule has 0 aliphatic rings. The summed E-state index contributed by atoms with van der Waals surface area (Å²) < 4.78 is 5.45. The number of amides is 2. The Morgan fingerprint density at radius 3 is 2.46 bits per heavy atom. The average Bonchev–Trinajstić information content (AvgIpc) is 2.66. The third kappa shape index (κ3) is 4.45. The highest BCUT2D eigenvalue weighted by Gasteiger charge is 2.12. The monoisotopic (exact) mass is 388 g/mol. The van der Waals surface area contributed by atoms with Gasteiger partial charge in [0.2, 0.25) is 0 Å². The molecule has 26 heavy (non-hydrogen) atoms. The van der Waals surface area contributed by atoms with Gasteiger partial charge in [0.1, 0.15) is 5.75 Å². The van der Waals surface area contributed by atoms with Gasteiger partial charge in [-0.2, -0.15) is 0 Å². The first kappa shape index (κ1) is 18.0. The van der Waals surface area contributed by atoms with Gasteiger partial charge in [-0.25, -0.2) is 0 Å². The molecule has 0 radical (unpaired) electrons. The quantitative estimate of drug-likeness (QED) is 0.664. The van der Waals surface area contributed by atoms with Crippen molar-refractivity contribution < 1.29 is 14.3 Å². The van der Waals surface area contributed by atoms with E-state index in [9.17, 15) is 9.59 Å². The smallest absolute Gasteiger partial charge is 0.276 e. The van der Waals surface area contributed by atoms with Gasteiger partial charge in [0.25, 0.3) is 11.8 Å². The Bertz CT molecular complexity index is 976. The number of hydrogen-bond acceptors (Lipinski definition) is 3. The van der Waals surface area contributed by atoms with Gasteiger partial charge in [-0.3, -0.25) is 20.4 Å². The lowest BCUT2D eigenvalue weighted by Crippen LogP contribution is -2.43. The second-order valence-corrected chi connectivity index (χ2v) is 6.27. The molecule has 0 bridgehead atoms. The summed E-state index contributed by atoms with van der Waals surface area (Å²) in [6.45, 7) is -0.248. The maximum Gasteiger partial charge on any atom is 0.276 e. The number of halogens is 2. The highest BCUT2D eigenvalue weighted by molar-refractivity contribution is 6.35. The lowest BCUT2D eigenvalue weighted by atomic mass is 10.1. The Kier molecular flexibility index (Phi) is 5.61. The van der Waals surface area contributed by atoms with E-state index in [2.05, 4.69) is 10.9 Å². The van der Waals surface area contributed by atoms with Crippen LogP contribution in [0.5, 0.6) is 5.75 Å². The number of rotatable bonds is 4. The predicted molar refractivity (Wildman–Crippen MR) is 102 cm³/mol. The number of carbonyl (C=O) groups is 2. The molecule has 0 fully saturated rings. The van der Waals surface area contributed by atoms with Crippen molar-refractivity contribution in [1.82, 2.24) is 10.9 Å². The molecule has 2 amide bonds. The van der Waals surface area contributed by atoms with Crippen LogP contribution in [-0.4, -0.2) is 18.4 Å². The zero-order valence-electron chi connectivity index (χ0n) is 13.5. The number of hydrazine groups is 1. The van der Waals surface area contributed by atoms with Gasteiger partial charge < -0.3 is 4.74 Å². The van der Waals surface area contributed by atoms with Gasteiger partial charge in [0.05, 0.1) is 10.6 Å². The maximum absolute atomic E-state index is 12.0. The minimum absolute atomic E-state index is 0.162. The molecule has 0 spiro atoms. The third-order valence-electron chi connectivity index (χ3n) is 3.58.